The third-order valence-electron chi connectivity index (χ3n) is 8.03. The zero-order valence-corrected chi connectivity index (χ0v) is 25.3. The van der Waals surface area contributed by atoms with Crippen molar-refractivity contribution in [1.29, 1.82) is 0 Å². The predicted octanol–water partition coefficient (Wildman–Crippen LogP) is 5.35. The summed E-state index contributed by atoms with van der Waals surface area (Å²) in [5.74, 6) is 1.43. The maximum atomic E-state index is 7.96. The molecule has 4 aliphatic rings. The molecule has 7 rings (SSSR count). The van der Waals surface area contributed by atoms with E-state index in [0.717, 1.165) is 41.9 Å². The summed E-state index contributed by atoms with van der Waals surface area (Å²) < 4.78 is 18.2. The van der Waals surface area contributed by atoms with Crippen molar-refractivity contribution < 1.29 is 11.9 Å². The molecule has 4 heterocycles. The van der Waals surface area contributed by atoms with Crippen molar-refractivity contribution in [3.8, 4) is 11.5 Å². The Hall–Kier alpha value is -2.07. The summed E-state index contributed by atoms with van der Waals surface area (Å²) in [6.07, 6.45) is 4.24. The molecule has 192 valence electrons. The van der Waals surface area contributed by atoms with Gasteiger partial charge < -0.3 is 0 Å². The molecule has 0 saturated carbocycles. The molecule has 1 spiro atoms. The predicted molar refractivity (Wildman–Crippen MR) is 151 cm³/mol. The third-order valence-corrected chi connectivity index (χ3v) is 23.9. The Labute approximate surface area is 225 Å². The van der Waals surface area contributed by atoms with Crippen molar-refractivity contribution in [2.45, 2.75) is 46.3 Å². The van der Waals surface area contributed by atoms with Crippen molar-refractivity contribution >= 4 is 44.9 Å². The Morgan fingerprint density at radius 1 is 0.784 bits per heavy atom. The van der Waals surface area contributed by atoms with Gasteiger partial charge in [0.2, 0.25) is 0 Å². The van der Waals surface area contributed by atoms with E-state index in [9.17, 15) is 0 Å². The molecule has 3 aromatic carbocycles. The van der Waals surface area contributed by atoms with Crippen molar-refractivity contribution in [3.05, 3.63) is 93.5 Å². The summed E-state index contributed by atoms with van der Waals surface area (Å²) in [6.45, 7) is 10.8. The number of fused-ring (bicyclic) bond motifs is 5. The molecule has 0 N–H and O–H groups in total. The molecule has 2 saturated heterocycles. The number of aryl methyl sites for hydroxylation is 4. The fourth-order valence-corrected chi connectivity index (χ4v) is 23.2. The average Bonchev–Trinajstić information content (AvgIpc) is 3.29. The van der Waals surface area contributed by atoms with Crippen LogP contribution in [0.15, 0.2) is 54.6 Å². The number of halogens is 2. The third kappa shape index (κ3) is 3.20. The standard InChI is InChI=1S/C29H31Cl2N3O2Te/c1-19-10-21(3)28-24(12-19)15-33-26-17-32(14-23-8-6-5-7-9-23)18-27(26)34-16-25-13-20(2)11-22(4)29(25)36-37(33,34,30,31)35-28/h5-13,15-16,26-27H,14,17-18H2,1-4H3/q+2/t26-,27-/m1/s1. The van der Waals surface area contributed by atoms with Gasteiger partial charge in [-0.25, -0.2) is 0 Å². The summed E-state index contributed by atoms with van der Waals surface area (Å²) in [5.41, 5.74) is 7.63. The number of hydrogen-bond acceptors (Lipinski definition) is 3. The molecule has 5 nitrogen and oxygen atoms in total. The van der Waals surface area contributed by atoms with E-state index in [0.29, 0.717) is 11.5 Å². The van der Waals surface area contributed by atoms with Crippen LogP contribution < -0.4 is 6.20 Å². The van der Waals surface area contributed by atoms with Gasteiger partial charge in [-0.15, -0.1) is 0 Å². The molecular formula is C29H31Cl2N3O2Te+2. The van der Waals surface area contributed by atoms with Gasteiger partial charge in [-0.1, -0.05) is 0 Å². The molecule has 0 amide bonds. The number of benzene rings is 3. The van der Waals surface area contributed by atoms with Crippen LogP contribution in [0.5, 0.6) is 11.5 Å². The summed E-state index contributed by atoms with van der Waals surface area (Å²) in [7, 11) is 15.9. The van der Waals surface area contributed by atoms with E-state index in [1.807, 2.05) is 13.8 Å². The van der Waals surface area contributed by atoms with Gasteiger partial charge in [0.25, 0.3) is 0 Å². The summed E-state index contributed by atoms with van der Waals surface area (Å²) in [5, 5.41) is 0. The van der Waals surface area contributed by atoms with E-state index in [1.165, 1.54) is 16.7 Å². The van der Waals surface area contributed by atoms with Crippen molar-refractivity contribution in [3.63, 3.8) is 0 Å². The monoisotopic (exact) mass is 653 g/mol. The molecular weight excluding hydrogens is 621 g/mol. The molecule has 0 aliphatic carbocycles. The van der Waals surface area contributed by atoms with Crippen molar-refractivity contribution in [2.75, 3.05) is 13.1 Å². The first-order chi connectivity index (χ1) is 17.5. The van der Waals surface area contributed by atoms with Crippen molar-refractivity contribution in [1.82, 2.24) is 4.90 Å². The number of hydrogen-bond donors (Lipinski definition) is 0. The quantitative estimate of drug-likeness (QED) is 0.350. The minimum atomic E-state index is -6.15. The molecule has 2 atom stereocenters. The minimum absolute atomic E-state index is 0.0189. The first-order valence-electron chi connectivity index (χ1n) is 12.7. The molecule has 4 aliphatic heterocycles. The van der Waals surface area contributed by atoms with Crippen LogP contribution in [0.3, 0.4) is 0 Å². The Morgan fingerprint density at radius 3 is 1.76 bits per heavy atom. The number of likely N-dealkylation sites (tertiary alicyclic amines) is 1. The zero-order chi connectivity index (χ0) is 25.8. The van der Waals surface area contributed by atoms with Gasteiger partial charge in [-0.3, -0.25) is 0 Å². The second-order valence-electron chi connectivity index (χ2n) is 11.0. The van der Waals surface area contributed by atoms with Crippen LogP contribution in [0.4, 0.5) is 0 Å². The molecule has 0 aromatic heterocycles. The Bertz CT molecular complexity index is 1500. The zero-order valence-electron chi connectivity index (χ0n) is 21.4. The van der Waals surface area contributed by atoms with E-state index in [-0.39, 0.29) is 12.1 Å². The van der Waals surface area contributed by atoms with Crippen LogP contribution in [0, 0.1) is 27.7 Å². The SMILES string of the molecule is Cc1cc(C)c2c(c1)C=[N+]1[C@@H]3CN(Cc4ccccc4)C[C@H]3[N+]3=Cc4cc(C)cc(C)c4O[Te]13(Cl)(Cl)O2. The van der Waals surface area contributed by atoms with Gasteiger partial charge in [0, 0.05) is 0 Å². The molecule has 2 fully saturated rings. The van der Waals surface area contributed by atoms with Gasteiger partial charge in [0.1, 0.15) is 0 Å². The van der Waals surface area contributed by atoms with Gasteiger partial charge in [0.15, 0.2) is 0 Å². The molecule has 0 radical (unpaired) electrons. The van der Waals surface area contributed by atoms with Gasteiger partial charge >= 0.3 is 226 Å². The van der Waals surface area contributed by atoms with E-state index in [1.54, 1.807) is 0 Å². The second kappa shape index (κ2) is 7.31. The molecule has 8 heteroatoms. The summed E-state index contributed by atoms with van der Waals surface area (Å²) >= 11 is -6.15. The van der Waals surface area contributed by atoms with Gasteiger partial charge in [0.05, 0.1) is 0 Å². The molecule has 3 aromatic rings. The maximum absolute atomic E-state index is 7.96. The van der Waals surface area contributed by atoms with Crippen LogP contribution >= 0.6 is 17.9 Å². The number of rotatable bonds is 2. The fraction of sp³-hybridized carbons (Fsp3) is 0.310. The Balaban J connectivity index is 1.45. The Kier molecular flexibility index (Phi) is 4.74. The van der Waals surface area contributed by atoms with Gasteiger partial charge in [-0.2, -0.15) is 0 Å². The number of nitrogens with zero attached hydrogens (tertiary/aromatic N) is 3. The van der Waals surface area contributed by atoms with E-state index in [4.69, 9.17) is 24.1 Å². The summed E-state index contributed by atoms with van der Waals surface area (Å²) in [4.78, 5) is 2.48. The van der Waals surface area contributed by atoms with Crippen LogP contribution in [-0.2, 0) is 6.54 Å². The summed E-state index contributed by atoms with van der Waals surface area (Å²) in [6, 6.07) is 19.1. The van der Waals surface area contributed by atoms with Crippen molar-refractivity contribution in [2.24, 2.45) is 0 Å². The fourth-order valence-electron chi connectivity index (χ4n) is 6.58. The van der Waals surface area contributed by atoms with Crippen LogP contribution in [0.1, 0.15) is 38.9 Å². The molecule has 37 heavy (non-hydrogen) atoms. The van der Waals surface area contributed by atoms with Crippen LogP contribution in [-0.4, -0.2) is 62.7 Å². The van der Waals surface area contributed by atoms with Crippen LogP contribution in [0.25, 0.3) is 0 Å². The van der Waals surface area contributed by atoms with E-state index < -0.39 is 14.6 Å². The van der Waals surface area contributed by atoms with E-state index in [2.05, 4.69) is 91.4 Å². The molecule has 0 bridgehead atoms. The van der Waals surface area contributed by atoms with E-state index >= 15 is 0 Å². The second-order valence-corrected chi connectivity index (χ2v) is 30.5. The average molecular weight is 652 g/mol. The first kappa shape index (κ1) is 24.0. The molecule has 0 unspecified atom stereocenters. The van der Waals surface area contributed by atoms with Crippen LogP contribution in [0.2, 0.25) is 0 Å². The Morgan fingerprint density at radius 2 is 1.27 bits per heavy atom. The first-order valence-corrected chi connectivity index (χ1v) is 22.6. The van der Waals surface area contributed by atoms with Gasteiger partial charge in [-0.05, 0) is 0 Å². The topological polar surface area (TPSA) is 27.7 Å². The normalized spacial score (nSPS) is 27.2.